The highest BCUT2D eigenvalue weighted by atomic mass is 79.9. The lowest BCUT2D eigenvalue weighted by molar-refractivity contribution is 0.385. The Morgan fingerprint density at radius 3 is 1.73 bits per heavy atom. The van der Waals surface area contributed by atoms with Crippen LogP contribution < -0.4 is 0 Å². The molecule has 0 N–H and O–H groups in total. The van der Waals surface area contributed by atoms with Gasteiger partial charge in [-0.3, -0.25) is 0 Å². The van der Waals surface area contributed by atoms with Crippen LogP contribution in [0.3, 0.4) is 0 Å². The van der Waals surface area contributed by atoms with Gasteiger partial charge >= 0.3 is 0 Å². The van der Waals surface area contributed by atoms with Crippen molar-refractivity contribution in [3.05, 3.63) is 0 Å². The van der Waals surface area contributed by atoms with Gasteiger partial charge in [0.15, 0.2) is 0 Å². The third kappa shape index (κ3) is 4.84. The largest absolute Gasteiger partial charge is 0.0885 e. The molecule has 0 saturated heterocycles. The van der Waals surface area contributed by atoms with Gasteiger partial charge in [0.05, 0.1) is 0 Å². The third-order valence-corrected chi connectivity index (χ3v) is 3.98. The average Bonchev–Trinajstić information content (AvgIpc) is 1.84. The van der Waals surface area contributed by atoms with Crippen molar-refractivity contribution in [3.63, 3.8) is 0 Å². The molecule has 0 amide bonds. The summed E-state index contributed by atoms with van der Waals surface area (Å²) in [5.74, 6) is 2.38. The van der Waals surface area contributed by atoms with E-state index < -0.39 is 0 Å². The molecule has 2 atom stereocenters. The highest BCUT2D eigenvalue weighted by molar-refractivity contribution is 9.09. The van der Waals surface area contributed by atoms with Gasteiger partial charge < -0.3 is 0 Å². The number of hydrogen-bond acceptors (Lipinski definition) is 0. The van der Waals surface area contributed by atoms with E-state index in [9.17, 15) is 0 Å². The summed E-state index contributed by atoms with van der Waals surface area (Å²) < 4.78 is 0. The highest BCUT2D eigenvalue weighted by Gasteiger charge is 2.17. The van der Waals surface area contributed by atoms with Crippen LogP contribution in [0, 0.1) is 17.8 Å². The first kappa shape index (κ1) is 11.5. The molecule has 0 aromatic heterocycles. The van der Waals surface area contributed by atoms with Crippen LogP contribution in [-0.2, 0) is 0 Å². The highest BCUT2D eigenvalue weighted by Crippen LogP contribution is 2.26. The summed E-state index contributed by atoms with van der Waals surface area (Å²) in [6, 6.07) is 0. The Balaban J connectivity index is 3.73. The van der Waals surface area contributed by atoms with Crippen LogP contribution in [0.1, 0.15) is 41.0 Å². The maximum absolute atomic E-state index is 3.74. The molecule has 0 rings (SSSR count). The molecule has 68 valence electrons. The molecular weight excluding hydrogens is 200 g/mol. The lowest BCUT2D eigenvalue weighted by Gasteiger charge is -2.23. The molecule has 0 bridgehead atoms. The number of rotatable bonds is 4. The Morgan fingerprint density at radius 1 is 1.00 bits per heavy atom. The van der Waals surface area contributed by atoms with Gasteiger partial charge in [0.1, 0.15) is 0 Å². The van der Waals surface area contributed by atoms with E-state index >= 15 is 0 Å². The summed E-state index contributed by atoms with van der Waals surface area (Å²) in [7, 11) is 0. The van der Waals surface area contributed by atoms with Crippen molar-refractivity contribution in [1.29, 1.82) is 0 Å². The van der Waals surface area contributed by atoms with E-state index in [2.05, 4.69) is 50.5 Å². The minimum absolute atomic E-state index is 0.685. The average molecular weight is 221 g/mol. The molecule has 2 unspecified atom stereocenters. The second-order valence-corrected chi connectivity index (χ2v) is 5.35. The van der Waals surface area contributed by atoms with Crippen molar-refractivity contribution in [1.82, 2.24) is 0 Å². The van der Waals surface area contributed by atoms with Gasteiger partial charge in [-0.1, -0.05) is 50.5 Å². The van der Waals surface area contributed by atoms with E-state index in [1.54, 1.807) is 0 Å². The summed E-state index contributed by atoms with van der Waals surface area (Å²) in [5.41, 5.74) is 0. The Kier molecular flexibility index (Phi) is 5.41. The molecule has 0 aromatic carbocycles. The zero-order valence-electron chi connectivity index (χ0n) is 8.39. The first-order valence-electron chi connectivity index (χ1n) is 4.59. The Labute approximate surface area is 79.9 Å². The second kappa shape index (κ2) is 5.18. The van der Waals surface area contributed by atoms with Crippen LogP contribution in [0.15, 0.2) is 0 Å². The van der Waals surface area contributed by atoms with Crippen molar-refractivity contribution >= 4 is 15.9 Å². The van der Waals surface area contributed by atoms with E-state index in [0.29, 0.717) is 4.83 Å². The molecule has 0 aliphatic rings. The molecule has 0 heterocycles. The van der Waals surface area contributed by atoms with Gasteiger partial charge in [-0.15, -0.1) is 0 Å². The van der Waals surface area contributed by atoms with Crippen LogP contribution in [0.25, 0.3) is 0 Å². The molecule has 0 aromatic rings. The van der Waals surface area contributed by atoms with Gasteiger partial charge in [-0.2, -0.15) is 0 Å². The van der Waals surface area contributed by atoms with E-state index in [4.69, 9.17) is 0 Å². The molecular formula is C10H21Br. The van der Waals surface area contributed by atoms with E-state index in [1.165, 1.54) is 6.42 Å². The van der Waals surface area contributed by atoms with Crippen molar-refractivity contribution in [3.8, 4) is 0 Å². The number of hydrogen-bond donors (Lipinski definition) is 0. The van der Waals surface area contributed by atoms with Gasteiger partial charge in [-0.05, 0) is 24.2 Å². The van der Waals surface area contributed by atoms with E-state index in [-0.39, 0.29) is 0 Å². The first-order chi connectivity index (χ1) is 4.95. The minimum Gasteiger partial charge on any atom is -0.0885 e. The molecule has 0 aliphatic heterocycles. The van der Waals surface area contributed by atoms with Crippen molar-refractivity contribution in [2.75, 3.05) is 0 Å². The number of halogens is 1. The van der Waals surface area contributed by atoms with Crippen molar-refractivity contribution in [2.45, 2.75) is 45.9 Å². The molecule has 0 aliphatic carbocycles. The predicted molar refractivity (Wildman–Crippen MR) is 56.2 cm³/mol. The number of alkyl halides is 1. The fourth-order valence-electron chi connectivity index (χ4n) is 1.53. The Bertz CT molecular complexity index is 97.0. The lowest BCUT2D eigenvalue weighted by Crippen LogP contribution is -2.18. The molecule has 0 fully saturated rings. The third-order valence-electron chi connectivity index (χ3n) is 2.02. The SMILES string of the molecule is CC(C)CC(C)C(Br)C(C)C. The van der Waals surface area contributed by atoms with Crippen LogP contribution in [0.4, 0.5) is 0 Å². The van der Waals surface area contributed by atoms with Crippen LogP contribution in [-0.4, -0.2) is 4.83 Å². The second-order valence-electron chi connectivity index (χ2n) is 4.30. The zero-order valence-corrected chi connectivity index (χ0v) is 9.98. The van der Waals surface area contributed by atoms with Crippen LogP contribution >= 0.6 is 15.9 Å². The summed E-state index contributed by atoms with van der Waals surface area (Å²) >= 11 is 3.74. The van der Waals surface area contributed by atoms with E-state index in [0.717, 1.165) is 17.8 Å². The van der Waals surface area contributed by atoms with Gasteiger partial charge in [0.2, 0.25) is 0 Å². The summed E-state index contributed by atoms with van der Waals surface area (Å²) in [4.78, 5) is 0.685. The molecule has 0 spiro atoms. The molecule has 1 heteroatoms. The fraction of sp³-hybridized carbons (Fsp3) is 1.00. The first-order valence-corrected chi connectivity index (χ1v) is 5.50. The fourth-order valence-corrected chi connectivity index (χ4v) is 1.75. The topological polar surface area (TPSA) is 0 Å². The van der Waals surface area contributed by atoms with E-state index in [1.807, 2.05) is 0 Å². The zero-order chi connectivity index (χ0) is 9.02. The Hall–Kier alpha value is 0.480. The molecule has 0 saturated carbocycles. The Morgan fingerprint density at radius 2 is 1.45 bits per heavy atom. The normalized spacial score (nSPS) is 17.5. The maximum Gasteiger partial charge on any atom is 0.0194 e. The summed E-state index contributed by atoms with van der Waals surface area (Å²) in [6.45, 7) is 11.5. The molecule has 0 radical (unpaired) electrons. The van der Waals surface area contributed by atoms with Crippen LogP contribution in [0.2, 0.25) is 0 Å². The van der Waals surface area contributed by atoms with Crippen molar-refractivity contribution < 1.29 is 0 Å². The molecule has 11 heavy (non-hydrogen) atoms. The van der Waals surface area contributed by atoms with Crippen molar-refractivity contribution in [2.24, 2.45) is 17.8 Å². The maximum atomic E-state index is 3.74. The van der Waals surface area contributed by atoms with Gasteiger partial charge in [0.25, 0.3) is 0 Å². The molecule has 0 nitrogen and oxygen atoms in total. The standard InChI is InChI=1S/C10H21Br/c1-7(2)6-9(5)10(11)8(3)4/h7-10H,6H2,1-5H3. The van der Waals surface area contributed by atoms with Crippen LogP contribution in [0.5, 0.6) is 0 Å². The minimum atomic E-state index is 0.685. The van der Waals surface area contributed by atoms with Gasteiger partial charge in [0, 0.05) is 4.83 Å². The summed E-state index contributed by atoms with van der Waals surface area (Å²) in [6.07, 6.45) is 1.33. The smallest absolute Gasteiger partial charge is 0.0194 e. The quantitative estimate of drug-likeness (QED) is 0.627. The predicted octanol–water partition coefficient (Wildman–Crippen LogP) is 4.09. The lowest BCUT2D eigenvalue weighted by atomic mass is 9.91. The monoisotopic (exact) mass is 220 g/mol. The van der Waals surface area contributed by atoms with Gasteiger partial charge in [-0.25, -0.2) is 0 Å². The summed E-state index contributed by atoms with van der Waals surface area (Å²) in [5, 5.41) is 0.